The van der Waals surface area contributed by atoms with Gasteiger partial charge in [0, 0.05) is 16.4 Å². The van der Waals surface area contributed by atoms with Crippen LogP contribution in [0.15, 0.2) is 0 Å². The summed E-state index contributed by atoms with van der Waals surface area (Å²) in [5.41, 5.74) is 0. The molecule has 1 rings (SSSR count). The van der Waals surface area contributed by atoms with E-state index in [4.69, 9.17) is 17.3 Å². The molecule has 1 fully saturated rings. The molecule has 1 unspecified atom stereocenters. The van der Waals surface area contributed by atoms with Gasteiger partial charge >= 0.3 is 5.97 Å². The van der Waals surface area contributed by atoms with Crippen molar-refractivity contribution in [1.29, 1.82) is 0 Å². The van der Waals surface area contributed by atoms with Gasteiger partial charge in [0.1, 0.15) is 0 Å². The fourth-order valence-electron chi connectivity index (χ4n) is 0.671. The number of carboxylic acids is 1. The Kier molecular flexibility index (Phi) is 2.08. The Labute approximate surface area is 62.6 Å². The highest BCUT2D eigenvalue weighted by Crippen LogP contribution is 2.26. The molecule has 4 heteroatoms. The Balaban J connectivity index is 2.48. The van der Waals surface area contributed by atoms with Gasteiger partial charge in [-0.1, -0.05) is 12.2 Å². The van der Waals surface area contributed by atoms with E-state index in [1.54, 1.807) is 0 Å². The Morgan fingerprint density at radius 1 is 1.89 bits per heavy atom. The normalized spacial score (nSPS) is 26.7. The van der Waals surface area contributed by atoms with Crippen molar-refractivity contribution in [2.75, 3.05) is 5.75 Å². The van der Waals surface area contributed by atoms with Gasteiger partial charge in [-0.15, -0.1) is 11.8 Å². The maximum atomic E-state index is 10.3. The van der Waals surface area contributed by atoms with Gasteiger partial charge in [0.25, 0.3) is 0 Å². The van der Waals surface area contributed by atoms with Crippen LogP contribution < -0.4 is 0 Å². The fraction of sp³-hybridized carbons (Fsp3) is 0.600. The van der Waals surface area contributed by atoms with Crippen molar-refractivity contribution in [3.8, 4) is 0 Å². The lowest BCUT2D eigenvalue weighted by Gasteiger charge is -1.95. The van der Waals surface area contributed by atoms with Crippen molar-refractivity contribution in [3.05, 3.63) is 0 Å². The maximum absolute atomic E-state index is 10.3. The molecule has 0 saturated carbocycles. The van der Waals surface area contributed by atoms with E-state index in [9.17, 15) is 4.79 Å². The monoisotopic (exact) mass is 162 g/mol. The zero-order valence-electron chi connectivity index (χ0n) is 4.66. The van der Waals surface area contributed by atoms with E-state index in [0.29, 0.717) is 12.2 Å². The Bertz CT molecular complexity index is 155. The zero-order valence-corrected chi connectivity index (χ0v) is 6.30. The van der Waals surface area contributed by atoms with Gasteiger partial charge in [-0.05, 0) is 0 Å². The number of thiocarbonyl (C=S) groups is 1. The van der Waals surface area contributed by atoms with Gasteiger partial charge in [-0.25, -0.2) is 0 Å². The number of hydrogen-bond donors (Lipinski definition) is 1. The number of carbonyl (C=O) groups is 1. The summed E-state index contributed by atoms with van der Waals surface area (Å²) in [5, 5.41) is 8.46. The van der Waals surface area contributed by atoms with Gasteiger partial charge in [-0.2, -0.15) is 0 Å². The molecule has 9 heavy (non-hydrogen) atoms. The van der Waals surface area contributed by atoms with Crippen molar-refractivity contribution in [1.82, 2.24) is 0 Å². The molecule has 0 aliphatic carbocycles. The van der Waals surface area contributed by atoms with Crippen LogP contribution in [0.3, 0.4) is 0 Å². The largest absolute Gasteiger partial charge is 0.481 e. The van der Waals surface area contributed by atoms with E-state index in [0.717, 1.165) is 4.20 Å². The van der Waals surface area contributed by atoms with Crippen LogP contribution in [0.25, 0.3) is 0 Å². The number of hydrogen-bond acceptors (Lipinski definition) is 3. The third-order valence-corrected chi connectivity index (χ3v) is 2.79. The molecular weight excluding hydrogens is 156 g/mol. The van der Waals surface area contributed by atoms with E-state index in [1.807, 2.05) is 0 Å². The molecule has 0 aromatic rings. The van der Waals surface area contributed by atoms with Crippen molar-refractivity contribution in [3.63, 3.8) is 0 Å². The molecule has 50 valence electrons. The van der Waals surface area contributed by atoms with Gasteiger partial charge < -0.3 is 5.11 Å². The van der Waals surface area contributed by atoms with Crippen LogP contribution in [0, 0.1) is 5.92 Å². The first-order chi connectivity index (χ1) is 4.20. The minimum absolute atomic E-state index is 0.220. The third kappa shape index (κ3) is 1.66. The quantitative estimate of drug-likeness (QED) is 0.587. The van der Waals surface area contributed by atoms with Crippen LogP contribution in [0.2, 0.25) is 0 Å². The van der Waals surface area contributed by atoms with Crippen molar-refractivity contribution < 1.29 is 9.90 Å². The smallest absolute Gasteiger partial charge is 0.307 e. The van der Waals surface area contributed by atoms with Crippen LogP contribution in [0.5, 0.6) is 0 Å². The molecule has 0 amide bonds. The molecule has 1 heterocycles. The Hall–Kier alpha value is -0.0900. The highest BCUT2D eigenvalue weighted by molar-refractivity contribution is 8.23. The second-order valence-corrected chi connectivity index (χ2v) is 3.79. The molecule has 1 saturated heterocycles. The summed E-state index contributed by atoms with van der Waals surface area (Å²) in [6.45, 7) is 0. The topological polar surface area (TPSA) is 37.3 Å². The molecule has 1 aliphatic heterocycles. The number of rotatable bonds is 1. The van der Waals surface area contributed by atoms with Crippen LogP contribution in [-0.4, -0.2) is 21.0 Å². The predicted octanol–water partition coefficient (Wildman–Crippen LogP) is 1.15. The lowest BCUT2D eigenvalue weighted by atomic mass is 10.1. The van der Waals surface area contributed by atoms with Crippen LogP contribution in [0.1, 0.15) is 6.42 Å². The first-order valence-corrected chi connectivity index (χ1v) is 3.98. The molecule has 0 aromatic carbocycles. The van der Waals surface area contributed by atoms with Crippen molar-refractivity contribution >= 4 is 34.1 Å². The number of aliphatic carboxylic acids is 1. The summed E-state index contributed by atoms with van der Waals surface area (Å²) in [6.07, 6.45) is 0.579. The van der Waals surface area contributed by atoms with E-state index in [-0.39, 0.29) is 5.92 Å². The van der Waals surface area contributed by atoms with Gasteiger partial charge in [0.05, 0.1) is 5.92 Å². The lowest BCUT2D eigenvalue weighted by Crippen LogP contribution is -2.11. The fourth-order valence-corrected chi connectivity index (χ4v) is 2.04. The zero-order chi connectivity index (χ0) is 6.85. The first kappa shape index (κ1) is 7.02. The Morgan fingerprint density at radius 2 is 2.56 bits per heavy atom. The van der Waals surface area contributed by atoms with E-state index in [1.165, 1.54) is 11.8 Å². The average Bonchev–Trinajstić information content (AvgIpc) is 2.14. The van der Waals surface area contributed by atoms with Crippen molar-refractivity contribution in [2.45, 2.75) is 6.42 Å². The van der Waals surface area contributed by atoms with Gasteiger partial charge in [-0.3, -0.25) is 4.79 Å². The molecule has 2 nitrogen and oxygen atoms in total. The molecule has 1 atom stereocenters. The van der Waals surface area contributed by atoms with Crippen LogP contribution in [-0.2, 0) is 4.79 Å². The highest BCUT2D eigenvalue weighted by atomic mass is 32.2. The van der Waals surface area contributed by atoms with E-state index in [2.05, 4.69) is 0 Å². The first-order valence-electron chi connectivity index (χ1n) is 2.58. The van der Waals surface area contributed by atoms with Crippen LogP contribution in [0.4, 0.5) is 0 Å². The standard InChI is InChI=1S/C5H6O2S2/c6-5(7)3-1-4(8)9-2-3/h3H,1-2H2,(H,6,7). The summed E-state index contributed by atoms with van der Waals surface area (Å²) in [5.74, 6) is -0.279. The summed E-state index contributed by atoms with van der Waals surface area (Å²) in [4.78, 5) is 10.3. The second kappa shape index (κ2) is 2.66. The molecule has 1 aliphatic rings. The van der Waals surface area contributed by atoms with Crippen LogP contribution >= 0.6 is 24.0 Å². The third-order valence-electron chi connectivity index (χ3n) is 1.21. The highest BCUT2D eigenvalue weighted by Gasteiger charge is 2.25. The van der Waals surface area contributed by atoms with E-state index < -0.39 is 5.97 Å². The predicted molar refractivity (Wildman–Crippen MR) is 40.8 cm³/mol. The van der Waals surface area contributed by atoms with Crippen molar-refractivity contribution in [2.24, 2.45) is 5.92 Å². The molecule has 1 N–H and O–H groups in total. The SMILES string of the molecule is O=C(O)C1CSC(=S)C1. The van der Waals surface area contributed by atoms with Gasteiger partial charge in [0.15, 0.2) is 0 Å². The lowest BCUT2D eigenvalue weighted by molar-refractivity contribution is -0.140. The summed E-state index contributed by atoms with van der Waals surface area (Å²) in [6, 6.07) is 0. The molecule has 0 spiro atoms. The van der Waals surface area contributed by atoms with Gasteiger partial charge in [0.2, 0.25) is 0 Å². The molecular formula is C5H6O2S2. The van der Waals surface area contributed by atoms with E-state index >= 15 is 0 Å². The average molecular weight is 162 g/mol. The second-order valence-electron chi connectivity index (χ2n) is 1.92. The summed E-state index contributed by atoms with van der Waals surface area (Å²) >= 11 is 6.30. The summed E-state index contributed by atoms with van der Waals surface area (Å²) in [7, 11) is 0. The summed E-state index contributed by atoms with van der Waals surface area (Å²) < 4.78 is 0.836. The number of thioether (sulfide) groups is 1. The Morgan fingerprint density at radius 3 is 2.78 bits per heavy atom. The minimum atomic E-state index is -0.720. The minimum Gasteiger partial charge on any atom is -0.481 e. The molecule has 0 radical (unpaired) electrons. The number of carboxylic acid groups (broad SMARTS) is 1. The molecule has 0 bridgehead atoms. The molecule has 0 aromatic heterocycles. The maximum Gasteiger partial charge on any atom is 0.307 e.